The fourth-order valence-corrected chi connectivity index (χ4v) is 4.43. The molecule has 0 aliphatic carbocycles. The van der Waals surface area contributed by atoms with Gasteiger partial charge < -0.3 is 29.9 Å². The Bertz CT molecular complexity index is 642. The molecule has 2 atom stereocenters. The van der Waals surface area contributed by atoms with Gasteiger partial charge in [-0.3, -0.25) is 4.79 Å². The second-order valence-electron chi connectivity index (χ2n) is 7.69. The molecule has 30 heavy (non-hydrogen) atoms. The Morgan fingerprint density at radius 1 is 1.03 bits per heavy atom. The summed E-state index contributed by atoms with van der Waals surface area (Å²) in [5.74, 6) is -2.48. The molecule has 3 amide bonds. The normalized spacial score (nSPS) is 27.4. The van der Waals surface area contributed by atoms with E-state index in [-0.39, 0.29) is 23.4 Å². The number of fused-ring (bicyclic) bond motifs is 1. The summed E-state index contributed by atoms with van der Waals surface area (Å²) in [5.41, 5.74) is -0.338. The average molecular weight is 438 g/mol. The van der Waals surface area contributed by atoms with Crippen molar-refractivity contribution in [3.8, 4) is 0 Å². The highest BCUT2D eigenvalue weighted by Gasteiger charge is 2.54. The van der Waals surface area contributed by atoms with Gasteiger partial charge in [0.1, 0.15) is 0 Å². The first kappa shape index (κ1) is 24.2. The van der Waals surface area contributed by atoms with Crippen molar-refractivity contribution in [3.63, 3.8) is 0 Å². The highest BCUT2D eigenvalue weighted by molar-refractivity contribution is 5.84. The van der Waals surface area contributed by atoms with Crippen LogP contribution in [0.25, 0.3) is 0 Å². The van der Waals surface area contributed by atoms with Crippen LogP contribution in [-0.4, -0.2) is 110 Å². The van der Waals surface area contributed by atoms with Crippen LogP contribution < -0.4 is 5.32 Å². The standard InChI is InChI=1S/C16H28N4O3.C2HF3O2/c1-17-15(22)20-6-3-13-16(5-8-20,4-7-18(13)2)14(21)19-9-11-23-12-10-19;3-2(4,5)1(6)7/h13H,3-12H2,1-2H3,(H,17,22);(H,6,7)/t13-,16-;/m1./s1. The molecule has 3 aliphatic rings. The average Bonchev–Trinajstić information content (AvgIpc) is 2.91. The van der Waals surface area contributed by atoms with Crippen LogP contribution in [0.15, 0.2) is 0 Å². The van der Waals surface area contributed by atoms with Crippen molar-refractivity contribution < 1.29 is 37.4 Å². The van der Waals surface area contributed by atoms with Gasteiger partial charge in [-0.2, -0.15) is 13.2 Å². The molecule has 0 radical (unpaired) electrons. The third-order valence-electron chi connectivity index (χ3n) is 6.05. The topological polar surface area (TPSA) is 102 Å². The number of carbonyl (C=O) groups excluding carboxylic acids is 2. The minimum Gasteiger partial charge on any atom is -0.475 e. The van der Waals surface area contributed by atoms with Crippen LogP contribution in [0.2, 0.25) is 0 Å². The summed E-state index contributed by atoms with van der Waals surface area (Å²) in [6.45, 7) is 4.97. The van der Waals surface area contributed by atoms with Crippen molar-refractivity contribution in [1.29, 1.82) is 0 Å². The number of amides is 3. The summed E-state index contributed by atoms with van der Waals surface area (Å²) in [6, 6.07) is 0.189. The quantitative estimate of drug-likeness (QED) is 0.622. The second kappa shape index (κ2) is 9.82. The number of hydrogen-bond acceptors (Lipinski definition) is 5. The van der Waals surface area contributed by atoms with Gasteiger partial charge in [-0.1, -0.05) is 0 Å². The van der Waals surface area contributed by atoms with Gasteiger partial charge >= 0.3 is 18.2 Å². The van der Waals surface area contributed by atoms with Gasteiger partial charge in [-0.15, -0.1) is 0 Å². The van der Waals surface area contributed by atoms with E-state index in [0.29, 0.717) is 39.4 Å². The lowest BCUT2D eigenvalue weighted by Crippen LogP contribution is -2.53. The van der Waals surface area contributed by atoms with E-state index in [9.17, 15) is 22.8 Å². The molecule has 0 saturated carbocycles. The van der Waals surface area contributed by atoms with Crippen LogP contribution in [0.3, 0.4) is 0 Å². The Hall–Kier alpha value is -2.08. The molecule has 3 saturated heterocycles. The highest BCUT2D eigenvalue weighted by Crippen LogP contribution is 2.44. The second-order valence-corrected chi connectivity index (χ2v) is 7.69. The first-order valence-corrected chi connectivity index (χ1v) is 9.87. The van der Waals surface area contributed by atoms with E-state index in [1.807, 2.05) is 9.80 Å². The molecule has 172 valence electrons. The molecule has 0 unspecified atom stereocenters. The van der Waals surface area contributed by atoms with Gasteiger partial charge in [0.2, 0.25) is 5.91 Å². The van der Waals surface area contributed by atoms with E-state index in [4.69, 9.17) is 14.6 Å². The van der Waals surface area contributed by atoms with Gasteiger partial charge in [-0.25, -0.2) is 9.59 Å². The zero-order valence-corrected chi connectivity index (χ0v) is 17.2. The van der Waals surface area contributed by atoms with Crippen LogP contribution in [-0.2, 0) is 14.3 Å². The van der Waals surface area contributed by atoms with E-state index < -0.39 is 12.1 Å². The monoisotopic (exact) mass is 438 g/mol. The number of carbonyl (C=O) groups is 3. The van der Waals surface area contributed by atoms with Gasteiger partial charge in [0, 0.05) is 39.3 Å². The molecule has 0 aromatic rings. The molecular formula is C18H29F3N4O5. The molecule has 3 rings (SSSR count). The van der Waals surface area contributed by atoms with Crippen molar-refractivity contribution >= 4 is 17.9 Å². The van der Waals surface area contributed by atoms with E-state index in [1.165, 1.54) is 0 Å². The van der Waals surface area contributed by atoms with Crippen molar-refractivity contribution in [3.05, 3.63) is 0 Å². The van der Waals surface area contributed by atoms with E-state index in [2.05, 4.69) is 17.3 Å². The molecular weight excluding hydrogens is 409 g/mol. The van der Waals surface area contributed by atoms with Crippen LogP contribution in [0.4, 0.5) is 18.0 Å². The third-order valence-corrected chi connectivity index (χ3v) is 6.05. The lowest BCUT2D eigenvalue weighted by Gasteiger charge is -2.39. The summed E-state index contributed by atoms with van der Waals surface area (Å²) < 4.78 is 37.1. The maximum absolute atomic E-state index is 13.3. The van der Waals surface area contributed by atoms with Crippen LogP contribution >= 0.6 is 0 Å². The number of nitrogens with zero attached hydrogens (tertiary/aromatic N) is 3. The highest BCUT2D eigenvalue weighted by atomic mass is 19.4. The van der Waals surface area contributed by atoms with Crippen molar-refractivity contribution in [2.24, 2.45) is 5.41 Å². The number of halogens is 3. The number of alkyl halides is 3. The first-order chi connectivity index (χ1) is 14.0. The minimum absolute atomic E-state index is 0.0402. The predicted octanol–water partition coefficient (Wildman–Crippen LogP) is 0.604. The van der Waals surface area contributed by atoms with E-state index in [0.717, 1.165) is 25.8 Å². The molecule has 3 aliphatic heterocycles. The number of urea groups is 1. The molecule has 0 bridgehead atoms. The number of rotatable bonds is 1. The summed E-state index contributed by atoms with van der Waals surface area (Å²) >= 11 is 0. The maximum atomic E-state index is 13.3. The van der Waals surface area contributed by atoms with Crippen molar-refractivity contribution in [1.82, 2.24) is 20.0 Å². The lowest BCUT2D eigenvalue weighted by molar-refractivity contribution is -0.192. The van der Waals surface area contributed by atoms with Gasteiger partial charge in [0.05, 0.1) is 18.6 Å². The number of hydrogen-bond donors (Lipinski definition) is 2. The molecule has 12 heteroatoms. The van der Waals surface area contributed by atoms with Crippen molar-refractivity contribution in [2.75, 3.05) is 60.0 Å². The number of carboxylic acids is 1. The summed E-state index contributed by atoms with van der Waals surface area (Å²) in [7, 11) is 3.77. The van der Waals surface area contributed by atoms with Crippen LogP contribution in [0.1, 0.15) is 19.3 Å². The molecule has 0 aromatic carbocycles. The van der Waals surface area contributed by atoms with Crippen LogP contribution in [0.5, 0.6) is 0 Å². The fourth-order valence-electron chi connectivity index (χ4n) is 4.43. The SMILES string of the molecule is CNC(=O)N1CC[C@H]2N(C)CC[C@@]2(C(=O)N2CCOCC2)CC1.O=C(O)C(F)(F)F. The number of carboxylic acid groups (broad SMARTS) is 1. The zero-order chi connectivity index (χ0) is 22.5. The number of nitrogens with one attached hydrogen (secondary N) is 1. The fraction of sp³-hybridized carbons (Fsp3) is 0.833. The summed E-state index contributed by atoms with van der Waals surface area (Å²) in [6.07, 6.45) is -2.57. The Labute approximate surface area is 173 Å². The van der Waals surface area contributed by atoms with Gasteiger partial charge in [-0.05, 0) is 32.9 Å². The van der Waals surface area contributed by atoms with Gasteiger partial charge in [0.25, 0.3) is 0 Å². The molecule has 2 N–H and O–H groups in total. The molecule has 0 aromatic heterocycles. The Balaban J connectivity index is 0.000000396. The Morgan fingerprint density at radius 2 is 1.60 bits per heavy atom. The van der Waals surface area contributed by atoms with Gasteiger partial charge in [0.15, 0.2) is 0 Å². The summed E-state index contributed by atoms with van der Waals surface area (Å²) in [5, 5.41) is 9.83. The molecule has 3 heterocycles. The predicted molar refractivity (Wildman–Crippen MR) is 99.8 cm³/mol. The summed E-state index contributed by atoms with van der Waals surface area (Å²) in [4.78, 5) is 40.3. The molecule has 0 spiro atoms. The molecule has 3 fully saturated rings. The maximum Gasteiger partial charge on any atom is 0.490 e. The number of morpholine rings is 1. The van der Waals surface area contributed by atoms with Crippen molar-refractivity contribution in [2.45, 2.75) is 31.5 Å². The molecule has 9 nitrogen and oxygen atoms in total. The lowest BCUT2D eigenvalue weighted by atomic mass is 9.75. The number of aliphatic carboxylic acids is 1. The Morgan fingerprint density at radius 3 is 2.13 bits per heavy atom. The smallest absolute Gasteiger partial charge is 0.475 e. The number of likely N-dealkylation sites (tertiary alicyclic amines) is 2. The minimum atomic E-state index is -5.08. The zero-order valence-electron chi connectivity index (χ0n) is 17.2. The largest absolute Gasteiger partial charge is 0.490 e. The van der Waals surface area contributed by atoms with Crippen LogP contribution in [0, 0.1) is 5.41 Å². The third kappa shape index (κ3) is 5.34. The van der Waals surface area contributed by atoms with E-state index in [1.54, 1.807) is 7.05 Å². The van der Waals surface area contributed by atoms with E-state index >= 15 is 0 Å². The first-order valence-electron chi connectivity index (χ1n) is 9.87. The number of ether oxygens (including phenoxy) is 1. The Kier molecular flexibility index (Phi) is 7.92.